The van der Waals surface area contributed by atoms with Gasteiger partial charge in [0.25, 0.3) is 0 Å². The van der Waals surface area contributed by atoms with Crippen molar-refractivity contribution in [1.29, 1.82) is 0 Å². The molecule has 0 atom stereocenters. The Hall–Kier alpha value is -7.47. The molecule has 272 valence electrons. The summed E-state index contributed by atoms with van der Waals surface area (Å²) in [6.07, 6.45) is 1.90. The van der Waals surface area contributed by atoms with Gasteiger partial charge in [-0.15, -0.1) is 0 Å². The highest BCUT2D eigenvalue weighted by Crippen LogP contribution is 2.40. The topological polar surface area (TPSA) is 35.9 Å². The summed E-state index contributed by atoms with van der Waals surface area (Å²) in [5.41, 5.74) is 8.33. The third kappa shape index (κ3) is 4.65. The maximum atomic E-state index is 6.75. The fourth-order valence-corrected chi connectivity index (χ4v) is 14.5. The van der Waals surface area contributed by atoms with Crippen molar-refractivity contribution in [2.45, 2.75) is 0 Å². The van der Waals surface area contributed by atoms with Gasteiger partial charge in [-0.2, -0.15) is 0 Å². The van der Waals surface area contributed by atoms with E-state index >= 15 is 0 Å². The molecular weight excluding hydrogens is 723 g/mol. The lowest BCUT2D eigenvalue weighted by atomic mass is 10.1. The number of pyridine rings is 1. The first-order chi connectivity index (χ1) is 28.8. The van der Waals surface area contributed by atoms with Gasteiger partial charge in [0.15, 0.2) is 13.7 Å². The maximum Gasteiger partial charge on any atom is 0.179 e. The Morgan fingerprint density at radius 2 is 0.897 bits per heavy atom. The molecule has 4 heterocycles. The SMILES string of the molecule is c1ccc([Si](c2ccccc2)(c2cccc(-n3c4ccccc4c4cccnc43)c2)c2cccc(-n3c4ccccc4c4ccc5c6ccccc6oc5c43)c2)cc1. The van der Waals surface area contributed by atoms with E-state index in [4.69, 9.17) is 9.40 Å². The van der Waals surface area contributed by atoms with Crippen LogP contribution in [-0.4, -0.2) is 22.2 Å². The van der Waals surface area contributed by atoms with Gasteiger partial charge in [-0.25, -0.2) is 4.98 Å². The van der Waals surface area contributed by atoms with Crippen LogP contribution >= 0.6 is 0 Å². The Morgan fingerprint density at radius 3 is 1.59 bits per heavy atom. The molecule has 0 aliphatic rings. The first-order valence-corrected chi connectivity index (χ1v) is 21.8. The Bertz CT molecular complexity index is 3430. The minimum absolute atomic E-state index is 0.897. The molecule has 0 saturated carbocycles. The highest BCUT2D eigenvalue weighted by Gasteiger charge is 2.42. The van der Waals surface area contributed by atoms with Crippen LogP contribution in [0.25, 0.3) is 77.1 Å². The molecule has 0 N–H and O–H groups in total. The van der Waals surface area contributed by atoms with Gasteiger partial charge >= 0.3 is 0 Å². The second kappa shape index (κ2) is 12.8. The van der Waals surface area contributed by atoms with Crippen molar-refractivity contribution >= 4 is 94.5 Å². The summed E-state index contributed by atoms with van der Waals surface area (Å²) in [5.74, 6) is 0. The third-order valence-corrected chi connectivity index (χ3v) is 16.9. The fraction of sp³-hybridized carbons (Fsp3) is 0. The standard InChI is InChI=1S/C53H35N3OSi/c1-3-18-38(19-4-1)58(39-20-5-2-6-21-39,41-23-14-17-37(35-41)56-49-29-11-8-25-43(49)47-27-15-33-54-53(47)56)40-22-13-16-36(34-40)55-48-28-10-7-24-42(48)45-31-32-46-44-26-9-12-30-50(44)57-52(46)51(45)55/h1-35H. The molecule has 5 heteroatoms. The number of hydrogen-bond acceptors (Lipinski definition) is 2. The molecule has 8 aromatic carbocycles. The fourth-order valence-electron chi connectivity index (χ4n) is 9.69. The maximum absolute atomic E-state index is 6.75. The lowest BCUT2D eigenvalue weighted by Gasteiger charge is -2.35. The molecule has 0 spiro atoms. The zero-order valence-corrected chi connectivity index (χ0v) is 32.5. The van der Waals surface area contributed by atoms with Crippen LogP contribution in [0.2, 0.25) is 0 Å². The molecule has 0 aliphatic carbocycles. The number of hydrogen-bond donors (Lipinski definition) is 0. The van der Waals surface area contributed by atoms with Crippen molar-refractivity contribution in [2.75, 3.05) is 0 Å². The molecule has 0 amide bonds. The summed E-state index contributed by atoms with van der Waals surface area (Å²) >= 11 is 0. The third-order valence-electron chi connectivity index (χ3n) is 12.1. The Balaban J connectivity index is 1.17. The molecule has 12 rings (SSSR count). The van der Waals surface area contributed by atoms with Crippen LogP contribution in [0.1, 0.15) is 0 Å². The van der Waals surface area contributed by atoms with Gasteiger partial charge in [-0.3, -0.25) is 4.57 Å². The summed E-state index contributed by atoms with van der Waals surface area (Å²) < 4.78 is 11.5. The zero-order valence-electron chi connectivity index (χ0n) is 31.5. The molecule has 0 fully saturated rings. The van der Waals surface area contributed by atoms with Crippen molar-refractivity contribution in [2.24, 2.45) is 0 Å². The first-order valence-electron chi connectivity index (χ1n) is 19.8. The number of fused-ring (bicyclic) bond motifs is 10. The smallest absolute Gasteiger partial charge is 0.179 e. The minimum Gasteiger partial charge on any atom is -0.454 e. The average Bonchev–Trinajstić information content (AvgIpc) is 3.96. The van der Waals surface area contributed by atoms with E-state index in [1.165, 1.54) is 36.9 Å². The average molecular weight is 758 g/mol. The van der Waals surface area contributed by atoms with Crippen LogP contribution in [0, 0.1) is 0 Å². The summed E-state index contributed by atoms with van der Waals surface area (Å²) in [6.45, 7) is 0. The summed E-state index contributed by atoms with van der Waals surface area (Å²) in [4.78, 5) is 4.95. The second-order valence-electron chi connectivity index (χ2n) is 15.1. The van der Waals surface area contributed by atoms with E-state index in [2.05, 4.69) is 203 Å². The van der Waals surface area contributed by atoms with Gasteiger partial charge in [0, 0.05) is 49.9 Å². The van der Waals surface area contributed by atoms with Crippen molar-refractivity contribution in [1.82, 2.24) is 14.1 Å². The number of rotatable bonds is 6. The van der Waals surface area contributed by atoms with Crippen LogP contribution in [-0.2, 0) is 0 Å². The van der Waals surface area contributed by atoms with Crippen molar-refractivity contribution < 1.29 is 4.42 Å². The monoisotopic (exact) mass is 757 g/mol. The highest BCUT2D eigenvalue weighted by atomic mass is 28.3. The lowest BCUT2D eigenvalue weighted by Crippen LogP contribution is -2.74. The van der Waals surface area contributed by atoms with Crippen LogP contribution in [0.15, 0.2) is 217 Å². The molecular formula is C53H35N3OSi. The first kappa shape index (κ1) is 32.7. The van der Waals surface area contributed by atoms with Gasteiger partial charge in [-0.1, -0.05) is 146 Å². The molecule has 0 bridgehead atoms. The van der Waals surface area contributed by atoms with Crippen LogP contribution in [0.4, 0.5) is 0 Å². The van der Waals surface area contributed by atoms with E-state index in [1.54, 1.807) is 0 Å². The lowest BCUT2D eigenvalue weighted by molar-refractivity contribution is 0.671. The summed E-state index contributed by atoms with van der Waals surface area (Å²) in [5, 5.41) is 12.2. The second-order valence-corrected chi connectivity index (χ2v) is 18.9. The summed E-state index contributed by atoms with van der Waals surface area (Å²) in [7, 11) is -3.01. The quantitative estimate of drug-likeness (QED) is 0.125. The van der Waals surface area contributed by atoms with Gasteiger partial charge in [0.1, 0.15) is 11.2 Å². The highest BCUT2D eigenvalue weighted by molar-refractivity contribution is 7.20. The Morgan fingerprint density at radius 1 is 0.379 bits per heavy atom. The van der Waals surface area contributed by atoms with E-state index in [0.717, 1.165) is 60.9 Å². The van der Waals surface area contributed by atoms with E-state index in [0.29, 0.717) is 0 Å². The van der Waals surface area contributed by atoms with Crippen LogP contribution in [0.5, 0.6) is 0 Å². The van der Waals surface area contributed by atoms with E-state index in [9.17, 15) is 0 Å². The van der Waals surface area contributed by atoms with Crippen molar-refractivity contribution in [3.05, 3.63) is 212 Å². The van der Waals surface area contributed by atoms with Crippen LogP contribution in [0.3, 0.4) is 0 Å². The van der Waals surface area contributed by atoms with Gasteiger partial charge in [-0.05, 0) is 81.4 Å². The Kier molecular flexibility index (Phi) is 7.21. The van der Waals surface area contributed by atoms with E-state index < -0.39 is 8.07 Å². The number of furan rings is 1. The molecule has 4 aromatic heterocycles. The zero-order chi connectivity index (χ0) is 38.2. The number of benzene rings is 8. The van der Waals surface area contributed by atoms with E-state index in [-0.39, 0.29) is 0 Å². The molecule has 0 unspecified atom stereocenters. The molecule has 4 nitrogen and oxygen atoms in total. The molecule has 0 radical (unpaired) electrons. The number of aromatic nitrogens is 3. The molecule has 0 saturated heterocycles. The minimum atomic E-state index is -3.01. The van der Waals surface area contributed by atoms with Gasteiger partial charge in [0.05, 0.1) is 16.6 Å². The molecule has 58 heavy (non-hydrogen) atoms. The number of nitrogens with zero attached hydrogens (tertiary/aromatic N) is 3. The van der Waals surface area contributed by atoms with E-state index in [1.807, 2.05) is 18.3 Å². The van der Waals surface area contributed by atoms with Crippen LogP contribution < -0.4 is 20.7 Å². The van der Waals surface area contributed by atoms with Crippen molar-refractivity contribution in [3.8, 4) is 11.4 Å². The largest absolute Gasteiger partial charge is 0.454 e. The molecule has 12 aromatic rings. The Labute approximate surface area is 335 Å². The predicted molar refractivity (Wildman–Crippen MR) is 244 cm³/mol. The summed E-state index contributed by atoms with van der Waals surface area (Å²) in [6, 6.07) is 75.3. The van der Waals surface area contributed by atoms with Gasteiger partial charge in [0.2, 0.25) is 0 Å². The predicted octanol–water partition coefficient (Wildman–Crippen LogP) is 10.6. The normalized spacial score (nSPS) is 12.1. The molecule has 0 aliphatic heterocycles. The van der Waals surface area contributed by atoms with Gasteiger partial charge < -0.3 is 8.98 Å². The number of para-hydroxylation sites is 3. The van der Waals surface area contributed by atoms with Crippen molar-refractivity contribution in [3.63, 3.8) is 0 Å².